The van der Waals surface area contributed by atoms with E-state index in [0.29, 0.717) is 19.0 Å². The van der Waals surface area contributed by atoms with Gasteiger partial charge in [0.05, 0.1) is 0 Å². The van der Waals surface area contributed by atoms with Gasteiger partial charge in [-0.05, 0) is 35.6 Å². The molecule has 0 unspecified atom stereocenters. The number of hydrogen-bond acceptors (Lipinski definition) is 2. The smallest absolute Gasteiger partial charge is 0.263 e. The van der Waals surface area contributed by atoms with Crippen LogP contribution in [0.5, 0.6) is 5.75 Å². The van der Waals surface area contributed by atoms with E-state index in [2.05, 4.69) is 19.9 Å². The largest absolute Gasteiger partial charge is 0.481 e. The van der Waals surface area contributed by atoms with Gasteiger partial charge in [0.25, 0.3) is 5.91 Å². The molecule has 0 saturated heterocycles. The minimum Gasteiger partial charge on any atom is -0.481 e. The van der Waals surface area contributed by atoms with Gasteiger partial charge in [-0.15, -0.1) is 0 Å². The van der Waals surface area contributed by atoms with Crippen molar-refractivity contribution in [3.8, 4) is 5.75 Å². The average Bonchev–Trinajstić information content (AvgIpc) is 2.74. The fraction of sp³-hybridized carbons (Fsp3) is 0.269. The maximum Gasteiger partial charge on any atom is 0.263 e. The van der Waals surface area contributed by atoms with Gasteiger partial charge < -0.3 is 9.64 Å². The van der Waals surface area contributed by atoms with E-state index >= 15 is 0 Å². The molecular weight excluding hydrogens is 358 g/mol. The Hall–Kier alpha value is -3.07. The van der Waals surface area contributed by atoms with E-state index in [9.17, 15) is 4.79 Å². The van der Waals surface area contributed by atoms with Gasteiger partial charge in [0.1, 0.15) is 5.75 Å². The van der Waals surface area contributed by atoms with Gasteiger partial charge in [0.15, 0.2) is 6.10 Å². The highest BCUT2D eigenvalue weighted by Gasteiger charge is 2.23. The molecule has 0 fully saturated rings. The highest BCUT2D eigenvalue weighted by molar-refractivity contribution is 5.81. The van der Waals surface area contributed by atoms with E-state index in [1.807, 2.05) is 90.7 Å². The van der Waals surface area contributed by atoms with Crippen molar-refractivity contribution in [1.82, 2.24) is 4.90 Å². The first-order chi connectivity index (χ1) is 14.0. The summed E-state index contributed by atoms with van der Waals surface area (Å²) < 4.78 is 6.13. The molecule has 1 atom stereocenters. The van der Waals surface area contributed by atoms with Crippen LogP contribution in [0.2, 0.25) is 0 Å². The zero-order chi connectivity index (χ0) is 20.6. The lowest BCUT2D eigenvalue weighted by atomic mass is 10.0. The van der Waals surface area contributed by atoms with E-state index in [0.717, 1.165) is 22.4 Å². The van der Waals surface area contributed by atoms with Crippen LogP contribution in [-0.2, 0) is 17.9 Å². The van der Waals surface area contributed by atoms with Gasteiger partial charge in [0.2, 0.25) is 0 Å². The van der Waals surface area contributed by atoms with Crippen LogP contribution < -0.4 is 4.74 Å². The Morgan fingerprint density at radius 1 is 0.759 bits per heavy atom. The lowest BCUT2D eigenvalue weighted by Gasteiger charge is -2.27. The third-order valence-electron chi connectivity index (χ3n) is 4.94. The van der Waals surface area contributed by atoms with Crippen LogP contribution in [0, 0.1) is 0 Å². The third kappa shape index (κ3) is 5.71. The number of carbonyl (C=O) groups is 1. The van der Waals surface area contributed by atoms with Crippen molar-refractivity contribution in [2.45, 2.75) is 45.9 Å². The molecule has 1 amide bonds. The van der Waals surface area contributed by atoms with Gasteiger partial charge in [0, 0.05) is 13.1 Å². The molecule has 0 N–H and O–H groups in total. The number of para-hydroxylation sites is 1. The summed E-state index contributed by atoms with van der Waals surface area (Å²) in [6.07, 6.45) is -0.567. The van der Waals surface area contributed by atoms with Gasteiger partial charge in [-0.1, -0.05) is 92.7 Å². The van der Waals surface area contributed by atoms with Crippen molar-refractivity contribution in [3.63, 3.8) is 0 Å². The maximum absolute atomic E-state index is 13.3. The van der Waals surface area contributed by atoms with Gasteiger partial charge in [-0.3, -0.25) is 4.79 Å². The predicted octanol–water partition coefficient (Wildman–Crippen LogP) is 5.81. The summed E-state index contributed by atoms with van der Waals surface area (Å²) in [5.74, 6) is 1.09. The van der Waals surface area contributed by atoms with Crippen molar-refractivity contribution < 1.29 is 9.53 Å². The molecule has 0 aliphatic carbocycles. The van der Waals surface area contributed by atoms with Crippen molar-refractivity contribution in [1.29, 1.82) is 0 Å². The summed E-state index contributed by atoms with van der Waals surface area (Å²) >= 11 is 0. The van der Waals surface area contributed by atoms with Gasteiger partial charge in [-0.2, -0.15) is 0 Å². The third-order valence-corrected chi connectivity index (χ3v) is 4.94. The van der Waals surface area contributed by atoms with Gasteiger partial charge >= 0.3 is 0 Å². The summed E-state index contributed by atoms with van der Waals surface area (Å²) in [6, 6.07) is 28.1. The Morgan fingerprint density at radius 3 is 1.76 bits per heavy atom. The van der Waals surface area contributed by atoms with E-state index in [1.54, 1.807) is 0 Å². The molecule has 3 nitrogen and oxygen atoms in total. The molecule has 3 aromatic carbocycles. The zero-order valence-electron chi connectivity index (χ0n) is 17.4. The van der Waals surface area contributed by atoms with Crippen LogP contribution in [-0.4, -0.2) is 16.9 Å². The van der Waals surface area contributed by atoms with Crippen molar-refractivity contribution in [2.75, 3.05) is 0 Å². The Morgan fingerprint density at radius 2 is 1.24 bits per heavy atom. The van der Waals surface area contributed by atoms with E-state index in [-0.39, 0.29) is 5.91 Å². The summed E-state index contributed by atoms with van der Waals surface area (Å²) in [7, 11) is 0. The summed E-state index contributed by atoms with van der Waals surface area (Å²) in [5.41, 5.74) is 3.32. The molecular formula is C26H29NO2. The molecule has 3 heteroatoms. The quantitative estimate of drug-likeness (QED) is 0.488. The molecule has 0 bridgehead atoms. The lowest BCUT2D eigenvalue weighted by Crippen LogP contribution is -2.39. The second kappa shape index (κ2) is 9.92. The molecule has 0 spiro atoms. The SMILES string of the molecule is CC(C)c1ccccc1O[C@@H](C)C(=O)N(Cc1ccccc1)Cc1ccccc1. The lowest BCUT2D eigenvalue weighted by molar-refractivity contribution is -0.139. The monoisotopic (exact) mass is 387 g/mol. The van der Waals surface area contributed by atoms with Crippen molar-refractivity contribution in [3.05, 3.63) is 102 Å². The Balaban J connectivity index is 1.79. The molecule has 0 aromatic heterocycles. The average molecular weight is 388 g/mol. The minimum atomic E-state index is -0.567. The number of ether oxygens (including phenoxy) is 1. The molecule has 0 saturated carbocycles. The number of amides is 1. The minimum absolute atomic E-state index is 0.0173. The standard InChI is InChI=1S/C26H29NO2/c1-20(2)24-16-10-11-17-25(24)29-21(3)26(28)27(18-22-12-6-4-7-13-22)19-23-14-8-5-9-15-23/h4-17,20-21H,18-19H2,1-3H3/t21-/m0/s1. The molecule has 29 heavy (non-hydrogen) atoms. The number of hydrogen-bond donors (Lipinski definition) is 0. The topological polar surface area (TPSA) is 29.5 Å². The highest BCUT2D eigenvalue weighted by atomic mass is 16.5. The first kappa shape index (κ1) is 20.7. The van der Waals surface area contributed by atoms with Crippen LogP contribution in [0.1, 0.15) is 43.4 Å². The molecule has 3 rings (SSSR count). The van der Waals surface area contributed by atoms with Crippen molar-refractivity contribution in [2.24, 2.45) is 0 Å². The predicted molar refractivity (Wildman–Crippen MR) is 118 cm³/mol. The first-order valence-corrected chi connectivity index (χ1v) is 10.2. The second-order valence-electron chi connectivity index (χ2n) is 7.62. The fourth-order valence-corrected chi connectivity index (χ4v) is 3.38. The van der Waals surface area contributed by atoms with E-state index < -0.39 is 6.10 Å². The van der Waals surface area contributed by atoms with Crippen LogP contribution in [0.4, 0.5) is 0 Å². The van der Waals surface area contributed by atoms with Crippen LogP contribution in [0.25, 0.3) is 0 Å². The number of nitrogens with zero attached hydrogens (tertiary/aromatic N) is 1. The zero-order valence-corrected chi connectivity index (χ0v) is 17.4. The summed E-state index contributed by atoms with van der Waals surface area (Å²) in [6.45, 7) is 7.20. The summed E-state index contributed by atoms with van der Waals surface area (Å²) in [4.78, 5) is 15.2. The fourth-order valence-electron chi connectivity index (χ4n) is 3.38. The first-order valence-electron chi connectivity index (χ1n) is 10.2. The van der Waals surface area contributed by atoms with Crippen LogP contribution in [0.3, 0.4) is 0 Å². The molecule has 0 heterocycles. The summed E-state index contributed by atoms with van der Waals surface area (Å²) in [5, 5.41) is 0. The molecule has 0 radical (unpaired) electrons. The molecule has 150 valence electrons. The van der Waals surface area contributed by atoms with E-state index in [1.165, 1.54) is 0 Å². The Labute approximate surface area is 174 Å². The highest BCUT2D eigenvalue weighted by Crippen LogP contribution is 2.27. The molecule has 3 aromatic rings. The Bertz CT molecular complexity index is 865. The maximum atomic E-state index is 13.3. The van der Waals surface area contributed by atoms with Crippen molar-refractivity contribution >= 4 is 5.91 Å². The van der Waals surface area contributed by atoms with Crippen LogP contribution in [0.15, 0.2) is 84.9 Å². The van der Waals surface area contributed by atoms with E-state index in [4.69, 9.17) is 4.74 Å². The molecule has 0 aliphatic heterocycles. The Kier molecular flexibility index (Phi) is 7.07. The number of rotatable bonds is 8. The van der Waals surface area contributed by atoms with Crippen LogP contribution >= 0.6 is 0 Å². The number of carbonyl (C=O) groups excluding carboxylic acids is 1. The molecule has 0 aliphatic rings. The van der Waals surface area contributed by atoms with Gasteiger partial charge in [-0.25, -0.2) is 0 Å². The normalized spacial score (nSPS) is 11.9. The second-order valence-corrected chi connectivity index (χ2v) is 7.62. The number of benzene rings is 3.